The summed E-state index contributed by atoms with van der Waals surface area (Å²) in [6, 6.07) is 8.00. The molecule has 1 aromatic rings. The van der Waals surface area contributed by atoms with Crippen LogP contribution in [0, 0.1) is 0 Å². The number of hydrogen-bond acceptors (Lipinski definition) is 3. The number of carbonyl (C=O) groups is 1. The zero-order chi connectivity index (χ0) is 9.97. The Labute approximate surface area is 83.1 Å². The van der Waals surface area contributed by atoms with Crippen molar-refractivity contribution in [1.29, 1.82) is 0 Å². The van der Waals surface area contributed by atoms with Gasteiger partial charge in [0.2, 0.25) is 0 Å². The molecule has 0 aromatic heterocycles. The van der Waals surface area contributed by atoms with Crippen LogP contribution in [0.15, 0.2) is 24.3 Å². The number of rotatable bonds is 3. The summed E-state index contributed by atoms with van der Waals surface area (Å²) in [6.45, 7) is 0. The summed E-state index contributed by atoms with van der Waals surface area (Å²) in [5.41, 5.74) is 1.59. The molecule has 0 amide bonds. The third kappa shape index (κ3) is 2.05. The third-order valence-electron chi connectivity index (χ3n) is 2.23. The van der Waals surface area contributed by atoms with Crippen LogP contribution in [-0.2, 0) is 4.74 Å². The number of hydrogen-bond donors (Lipinski definition) is 1. The van der Waals surface area contributed by atoms with Crippen LogP contribution in [0.1, 0.15) is 23.2 Å². The summed E-state index contributed by atoms with van der Waals surface area (Å²) >= 11 is 0. The van der Waals surface area contributed by atoms with Crippen molar-refractivity contribution in [1.82, 2.24) is 0 Å². The van der Waals surface area contributed by atoms with Crippen LogP contribution in [0.4, 0.5) is 5.69 Å². The summed E-state index contributed by atoms with van der Waals surface area (Å²) in [4.78, 5) is 11.2. The van der Waals surface area contributed by atoms with Crippen LogP contribution < -0.4 is 5.32 Å². The number of esters is 1. The summed E-state index contributed by atoms with van der Waals surface area (Å²) in [7, 11) is 1.39. The molecule has 1 fully saturated rings. The Bertz CT molecular complexity index is 345. The van der Waals surface area contributed by atoms with E-state index in [1.54, 1.807) is 6.07 Å². The first-order chi connectivity index (χ1) is 6.79. The van der Waals surface area contributed by atoms with E-state index in [1.807, 2.05) is 18.2 Å². The molecule has 1 aliphatic rings. The monoisotopic (exact) mass is 191 g/mol. The van der Waals surface area contributed by atoms with E-state index in [4.69, 9.17) is 0 Å². The first-order valence-corrected chi connectivity index (χ1v) is 4.74. The second kappa shape index (κ2) is 3.70. The van der Waals surface area contributed by atoms with Gasteiger partial charge in [-0.15, -0.1) is 0 Å². The Hall–Kier alpha value is -1.51. The average Bonchev–Trinajstić information content (AvgIpc) is 3.01. The molecule has 1 saturated carbocycles. The molecule has 74 valence electrons. The van der Waals surface area contributed by atoms with Gasteiger partial charge in [0.1, 0.15) is 0 Å². The van der Waals surface area contributed by atoms with Gasteiger partial charge in [-0.05, 0) is 31.0 Å². The summed E-state index contributed by atoms with van der Waals surface area (Å²) in [6.07, 6.45) is 2.45. The lowest BCUT2D eigenvalue weighted by Crippen LogP contribution is -2.04. The van der Waals surface area contributed by atoms with E-state index in [0.717, 1.165) is 5.69 Å². The molecule has 0 unspecified atom stereocenters. The molecule has 0 heterocycles. The zero-order valence-corrected chi connectivity index (χ0v) is 8.12. The number of ether oxygens (including phenoxy) is 1. The molecular formula is C11H13NO2. The minimum absolute atomic E-state index is 0.288. The van der Waals surface area contributed by atoms with Gasteiger partial charge in [-0.2, -0.15) is 0 Å². The number of methoxy groups -OCH3 is 1. The first kappa shape index (κ1) is 9.06. The lowest BCUT2D eigenvalue weighted by atomic mass is 10.2. The lowest BCUT2D eigenvalue weighted by Gasteiger charge is -2.05. The highest BCUT2D eigenvalue weighted by molar-refractivity contribution is 5.90. The fourth-order valence-electron chi connectivity index (χ4n) is 1.32. The summed E-state index contributed by atoms with van der Waals surface area (Å²) < 4.78 is 4.65. The van der Waals surface area contributed by atoms with E-state index in [1.165, 1.54) is 20.0 Å². The molecule has 0 saturated heterocycles. The largest absolute Gasteiger partial charge is 0.465 e. The Morgan fingerprint density at radius 2 is 2.29 bits per heavy atom. The van der Waals surface area contributed by atoms with E-state index < -0.39 is 0 Å². The lowest BCUT2D eigenvalue weighted by molar-refractivity contribution is 0.0601. The fourth-order valence-corrected chi connectivity index (χ4v) is 1.32. The molecule has 1 N–H and O–H groups in total. The van der Waals surface area contributed by atoms with Crippen molar-refractivity contribution in [3.8, 4) is 0 Å². The minimum Gasteiger partial charge on any atom is -0.465 e. The van der Waals surface area contributed by atoms with Crippen molar-refractivity contribution in [3.63, 3.8) is 0 Å². The SMILES string of the molecule is COC(=O)c1cccc(NC2CC2)c1. The molecule has 1 aliphatic carbocycles. The van der Waals surface area contributed by atoms with Crippen molar-refractivity contribution < 1.29 is 9.53 Å². The maximum Gasteiger partial charge on any atom is 0.337 e. The van der Waals surface area contributed by atoms with E-state index in [-0.39, 0.29) is 5.97 Å². The van der Waals surface area contributed by atoms with Crippen LogP contribution in [0.3, 0.4) is 0 Å². The van der Waals surface area contributed by atoms with Crippen molar-refractivity contribution in [2.24, 2.45) is 0 Å². The molecule has 3 heteroatoms. The number of anilines is 1. The number of benzene rings is 1. The van der Waals surface area contributed by atoms with E-state index in [2.05, 4.69) is 10.1 Å². The van der Waals surface area contributed by atoms with Crippen LogP contribution in [0.25, 0.3) is 0 Å². The first-order valence-electron chi connectivity index (χ1n) is 4.74. The van der Waals surface area contributed by atoms with Gasteiger partial charge in [0.25, 0.3) is 0 Å². The maximum absolute atomic E-state index is 11.2. The van der Waals surface area contributed by atoms with Crippen molar-refractivity contribution in [2.45, 2.75) is 18.9 Å². The van der Waals surface area contributed by atoms with Gasteiger partial charge in [0.15, 0.2) is 0 Å². The van der Waals surface area contributed by atoms with Gasteiger partial charge in [-0.1, -0.05) is 6.07 Å². The molecule has 0 atom stereocenters. The van der Waals surface area contributed by atoms with Gasteiger partial charge in [-0.3, -0.25) is 0 Å². The quantitative estimate of drug-likeness (QED) is 0.743. The second-order valence-corrected chi connectivity index (χ2v) is 3.49. The Balaban J connectivity index is 2.12. The molecule has 0 spiro atoms. The van der Waals surface area contributed by atoms with Crippen molar-refractivity contribution in [2.75, 3.05) is 12.4 Å². The molecule has 0 radical (unpaired) electrons. The van der Waals surface area contributed by atoms with Crippen LogP contribution in [0.5, 0.6) is 0 Å². The molecule has 2 rings (SSSR count). The van der Waals surface area contributed by atoms with Gasteiger partial charge >= 0.3 is 5.97 Å². The predicted octanol–water partition coefficient (Wildman–Crippen LogP) is 2.05. The highest BCUT2D eigenvalue weighted by Crippen LogP contribution is 2.24. The number of carbonyl (C=O) groups excluding carboxylic acids is 1. The topological polar surface area (TPSA) is 38.3 Å². The zero-order valence-electron chi connectivity index (χ0n) is 8.12. The van der Waals surface area contributed by atoms with Gasteiger partial charge in [0, 0.05) is 11.7 Å². The summed E-state index contributed by atoms with van der Waals surface area (Å²) in [5, 5.41) is 3.33. The Morgan fingerprint density at radius 3 is 2.93 bits per heavy atom. The Kier molecular flexibility index (Phi) is 2.39. The van der Waals surface area contributed by atoms with Crippen molar-refractivity contribution in [3.05, 3.63) is 29.8 Å². The van der Waals surface area contributed by atoms with Crippen LogP contribution >= 0.6 is 0 Å². The highest BCUT2D eigenvalue weighted by atomic mass is 16.5. The van der Waals surface area contributed by atoms with Crippen LogP contribution in [0.2, 0.25) is 0 Å². The average molecular weight is 191 g/mol. The molecular weight excluding hydrogens is 178 g/mol. The molecule has 1 aromatic carbocycles. The second-order valence-electron chi connectivity index (χ2n) is 3.49. The standard InChI is InChI=1S/C11H13NO2/c1-14-11(13)8-3-2-4-10(7-8)12-9-5-6-9/h2-4,7,9,12H,5-6H2,1H3. The summed E-state index contributed by atoms with van der Waals surface area (Å²) in [5.74, 6) is -0.288. The normalized spacial score (nSPS) is 14.9. The van der Waals surface area contributed by atoms with E-state index in [0.29, 0.717) is 11.6 Å². The third-order valence-corrected chi connectivity index (χ3v) is 2.23. The van der Waals surface area contributed by atoms with E-state index in [9.17, 15) is 4.79 Å². The molecule has 3 nitrogen and oxygen atoms in total. The minimum atomic E-state index is -0.288. The molecule has 14 heavy (non-hydrogen) atoms. The van der Waals surface area contributed by atoms with Crippen molar-refractivity contribution >= 4 is 11.7 Å². The maximum atomic E-state index is 11.2. The van der Waals surface area contributed by atoms with Crippen LogP contribution in [-0.4, -0.2) is 19.1 Å². The van der Waals surface area contributed by atoms with Gasteiger partial charge in [0.05, 0.1) is 12.7 Å². The van der Waals surface area contributed by atoms with Gasteiger partial charge < -0.3 is 10.1 Å². The Morgan fingerprint density at radius 1 is 1.50 bits per heavy atom. The molecule has 0 bridgehead atoms. The smallest absolute Gasteiger partial charge is 0.337 e. The molecule has 0 aliphatic heterocycles. The number of nitrogens with one attached hydrogen (secondary N) is 1. The fraction of sp³-hybridized carbons (Fsp3) is 0.364. The van der Waals surface area contributed by atoms with E-state index >= 15 is 0 Å². The van der Waals surface area contributed by atoms with Gasteiger partial charge in [-0.25, -0.2) is 4.79 Å². The predicted molar refractivity (Wildman–Crippen MR) is 54.4 cm³/mol. The highest BCUT2D eigenvalue weighted by Gasteiger charge is 2.20.